The molecule has 0 atom stereocenters. The fourth-order valence-electron chi connectivity index (χ4n) is 1.48. The first-order chi connectivity index (χ1) is 6.51. The third-order valence-electron chi connectivity index (χ3n) is 2.92. The summed E-state index contributed by atoms with van der Waals surface area (Å²) in [5.74, 6) is 1.19. The number of nitrogens with zero attached hydrogens (tertiary/aromatic N) is 1. The largest absolute Gasteiger partial charge is 0.310 e. The van der Waals surface area contributed by atoms with Gasteiger partial charge in [0.1, 0.15) is 5.82 Å². The second-order valence-electron chi connectivity index (χ2n) is 4.73. The molecule has 0 aromatic carbocycles. The highest BCUT2D eigenvalue weighted by Crippen LogP contribution is 2.45. The van der Waals surface area contributed by atoms with Gasteiger partial charge in [0.15, 0.2) is 0 Å². The van der Waals surface area contributed by atoms with Crippen molar-refractivity contribution in [3.05, 3.63) is 27.9 Å². The molecule has 14 heavy (non-hydrogen) atoms. The third-order valence-corrected chi connectivity index (χ3v) is 2.92. The molecule has 76 valence electrons. The van der Waals surface area contributed by atoms with E-state index in [-0.39, 0.29) is 11.0 Å². The summed E-state index contributed by atoms with van der Waals surface area (Å²) in [6.07, 6.45) is 2.27. The molecule has 0 spiro atoms. The number of nitrogens with one attached hydrogen (secondary N) is 1. The maximum atomic E-state index is 11.4. The summed E-state index contributed by atoms with van der Waals surface area (Å²) in [6.45, 7) is 6.26. The molecular weight excluding hydrogens is 176 g/mol. The molecule has 2 rings (SSSR count). The van der Waals surface area contributed by atoms with Crippen LogP contribution in [-0.4, -0.2) is 9.97 Å². The number of hydrogen-bond donors (Lipinski definition) is 1. The molecule has 3 nitrogen and oxygen atoms in total. The smallest absolute Gasteiger partial charge is 0.251 e. The summed E-state index contributed by atoms with van der Waals surface area (Å²) in [5, 5.41) is 0. The van der Waals surface area contributed by atoms with Crippen molar-refractivity contribution in [2.45, 2.75) is 44.9 Å². The molecule has 1 heterocycles. The van der Waals surface area contributed by atoms with Crippen molar-refractivity contribution in [1.29, 1.82) is 0 Å². The summed E-state index contributed by atoms with van der Waals surface area (Å²) < 4.78 is 0. The van der Waals surface area contributed by atoms with Crippen LogP contribution in [0.4, 0.5) is 0 Å². The fraction of sp³-hybridized carbons (Fsp3) is 0.636. The average Bonchev–Trinajstić information content (AvgIpc) is 2.84. The SMILES string of the molecule is CC(C)c1cc(=O)[nH]c(C2(C)CC2)n1. The van der Waals surface area contributed by atoms with Crippen molar-refractivity contribution in [2.75, 3.05) is 0 Å². The van der Waals surface area contributed by atoms with Crippen LogP contribution in [-0.2, 0) is 5.41 Å². The molecule has 1 aromatic heterocycles. The molecule has 1 N–H and O–H groups in total. The molecule has 1 aliphatic rings. The first-order valence-corrected chi connectivity index (χ1v) is 5.13. The van der Waals surface area contributed by atoms with Crippen LogP contribution in [0.3, 0.4) is 0 Å². The quantitative estimate of drug-likeness (QED) is 0.778. The summed E-state index contributed by atoms with van der Waals surface area (Å²) in [6, 6.07) is 1.60. The molecule has 0 amide bonds. The van der Waals surface area contributed by atoms with E-state index in [0.29, 0.717) is 5.92 Å². The highest BCUT2D eigenvalue weighted by atomic mass is 16.1. The van der Waals surface area contributed by atoms with E-state index >= 15 is 0 Å². The molecular formula is C11H16N2O. The van der Waals surface area contributed by atoms with Gasteiger partial charge in [0, 0.05) is 11.5 Å². The lowest BCUT2D eigenvalue weighted by Gasteiger charge is -2.10. The van der Waals surface area contributed by atoms with Gasteiger partial charge in [-0.05, 0) is 18.8 Å². The summed E-state index contributed by atoms with van der Waals surface area (Å²) in [4.78, 5) is 18.7. The van der Waals surface area contributed by atoms with Gasteiger partial charge in [0.25, 0.3) is 5.56 Å². The van der Waals surface area contributed by atoms with Crippen LogP contribution in [0.1, 0.15) is 51.0 Å². The standard InChI is InChI=1S/C11H16N2O/c1-7(2)8-6-9(14)13-10(12-8)11(3)4-5-11/h6-7H,4-5H2,1-3H3,(H,12,13,14). The van der Waals surface area contributed by atoms with Gasteiger partial charge in [-0.25, -0.2) is 4.98 Å². The number of H-pyrrole nitrogens is 1. The number of rotatable bonds is 2. The highest BCUT2D eigenvalue weighted by Gasteiger charge is 2.41. The van der Waals surface area contributed by atoms with Crippen molar-refractivity contribution in [1.82, 2.24) is 9.97 Å². The first-order valence-electron chi connectivity index (χ1n) is 5.13. The van der Waals surface area contributed by atoms with E-state index in [0.717, 1.165) is 24.4 Å². The van der Waals surface area contributed by atoms with Crippen LogP contribution < -0.4 is 5.56 Å². The number of hydrogen-bond acceptors (Lipinski definition) is 2. The van der Waals surface area contributed by atoms with Gasteiger partial charge in [-0.15, -0.1) is 0 Å². The normalized spacial score (nSPS) is 18.6. The Morgan fingerprint density at radius 3 is 2.64 bits per heavy atom. The van der Waals surface area contributed by atoms with Gasteiger partial charge in [-0.1, -0.05) is 20.8 Å². The number of aromatic amines is 1. The summed E-state index contributed by atoms with van der Waals surface area (Å²) in [7, 11) is 0. The van der Waals surface area contributed by atoms with E-state index < -0.39 is 0 Å². The minimum atomic E-state index is -0.0215. The second-order valence-corrected chi connectivity index (χ2v) is 4.73. The van der Waals surface area contributed by atoms with Crippen LogP contribution in [0.5, 0.6) is 0 Å². The van der Waals surface area contributed by atoms with E-state index in [2.05, 4.69) is 30.7 Å². The monoisotopic (exact) mass is 192 g/mol. The van der Waals surface area contributed by atoms with Gasteiger partial charge < -0.3 is 4.98 Å². The summed E-state index contributed by atoms with van der Waals surface area (Å²) in [5.41, 5.74) is 1.02. The van der Waals surface area contributed by atoms with Gasteiger partial charge in [0.05, 0.1) is 5.69 Å². The molecule has 1 fully saturated rings. The molecule has 0 bridgehead atoms. The van der Waals surface area contributed by atoms with Crippen LogP contribution in [0.25, 0.3) is 0 Å². The Kier molecular flexibility index (Phi) is 1.98. The lowest BCUT2D eigenvalue weighted by molar-refractivity contribution is 0.676. The second kappa shape index (κ2) is 2.94. The molecule has 0 unspecified atom stereocenters. The third kappa shape index (κ3) is 1.59. The van der Waals surface area contributed by atoms with Crippen molar-refractivity contribution in [3.8, 4) is 0 Å². The molecule has 1 aliphatic carbocycles. The Morgan fingerprint density at radius 1 is 1.50 bits per heavy atom. The van der Waals surface area contributed by atoms with Crippen LogP contribution in [0.15, 0.2) is 10.9 Å². The molecule has 1 saturated carbocycles. The topological polar surface area (TPSA) is 45.8 Å². The summed E-state index contributed by atoms with van der Waals surface area (Å²) >= 11 is 0. The molecule has 0 radical (unpaired) electrons. The van der Waals surface area contributed by atoms with Crippen LogP contribution >= 0.6 is 0 Å². The zero-order valence-corrected chi connectivity index (χ0v) is 8.92. The van der Waals surface area contributed by atoms with E-state index in [4.69, 9.17) is 0 Å². The van der Waals surface area contributed by atoms with Gasteiger partial charge in [-0.2, -0.15) is 0 Å². The van der Waals surface area contributed by atoms with E-state index in [1.54, 1.807) is 6.07 Å². The van der Waals surface area contributed by atoms with Crippen LogP contribution in [0.2, 0.25) is 0 Å². The zero-order valence-electron chi connectivity index (χ0n) is 8.92. The Hall–Kier alpha value is -1.12. The minimum Gasteiger partial charge on any atom is -0.310 e. The van der Waals surface area contributed by atoms with Crippen molar-refractivity contribution < 1.29 is 0 Å². The average molecular weight is 192 g/mol. The van der Waals surface area contributed by atoms with Gasteiger partial charge in [-0.3, -0.25) is 4.79 Å². The Labute approximate surface area is 83.6 Å². The van der Waals surface area contributed by atoms with Crippen molar-refractivity contribution in [3.63, 3.8) is 0 Å². The highest BCUT2D eigenvalue weighted by molar-refractivity contribution is 5.18. The lowest BCUT2D eigenvalue weighted by Crippen LogP contribution is -2.18. The van der Waals surface area contributed by atoms with Crippen molar-refractivity contribution in [2.24, 2.45) is 0 Å². The maximum absolute atomic E-state index is 11.4. The van der Waals surface area contributed by atoms with E-state index in [1.807, 2.05) is 0 Å². The maximum Gasteiger partial charge on any atom is 0.251 e. The van der Waals surface area contributed by atoms with E-state index in [9.17, 15) is 4.79 Å². The van der Waals surface area contributed by atoms with Crippen LogP contribution in [0, 0.1) is 0 Å². The Bertz CT molecular complexity index is 402. The molecule has 1 aromatic rings. The predicted octanol–water partition coefficient (Wildman–Crippen LogP) is 1.94. The van der Waals surface area contributed by atoms with Gasteiger partial charge >= 0.3 is 0 Å². The Balaban J connectivity index is 2.47. The van der Waals surface area contributed by atoms with E-state index in [1.165, 1.54) is 0 Å². The minimum absolute atomic E-state index is 0.0215. The zero-order chi connectivity index (χ0) is 10.3. The molecule has 0 aliphatic heterocycles. The first kappa shape index (κ1) is 9.44. The molecule has 0 saturated heterocycles. The predicted molar refractivity (Wildman–Crippen MR) is 55.5 cm³/mol. The molecule has 3 heteroatoms. The van der Waals surface area contributed by atoms with Gasteiger partial charge in [0.2, 0.25) is 0 Å². The lowest BCUT2D eigenvalue weighted by atomic mass is 10.1. The Morgan fingerprint density at radius 2 is 2.14 bits per heavy atom. The number of aromatic nitrogens is 2. The fourth-order valence-corrected chi connectivity index (χ4v) is 1.48. The van der Waals surface area contributed by atoms with Crippen molar-refractivity contribution >= 4 is 0 Å².